The highest BCUT2D eigenvalue weighted by Crippen LogP contribution is 2.30. The van der Waals surface area contributed by atoms with E-state index in [2.05, 4.69) is 9.97 Å². The van der Waals surface area contributed by atoms with E-state index in [0.29, 0.717) is 12.1 Å². The van der Waals surface area contributed by atoms with Crippen molar-refractivity contribution in [3.8, 4) is 0 Å². The first kappa shape index (κ1) is 11.8. The van der Waals surface area contributed by atoms with Gasteiger partial charge in [0.2, 0.25) is 5.82 Å². The molecule has 0 radical (unpaired) electrons. The van der Waals surface area contributed by atoms with Gasteiger partial charge in [0.05, 0.1) is 5.52 Å². The lowest BCUT2D eigenvalue weighted by molar-refractivity contribution is -0.149. The fourth-order valence-corrected chi connectivity index (χ4v) is 1.49. The number of rotatable bonds is 3. The minimum atomic E-state index is -4.52. The highest BCUT2D eigenvalue weighted by Gasteiger charge is 2.37. The maximum absolute atomic E-state index is 12.7. The van der Waals surface area contributed by atoms with Gasteiger partial charge in [-0.3, -0.25) is 4.57 Å². The Morgan fingerprint density at radius 1 is 1.41 bits per heavy atom. The molecule has 0 bridgehead atoms. The van der Waals surface area contributed by atoms with Gasteiger partial charge in [0.15, 0.2) is 5.65 Å². The SMILES string of the molecule is CCOCn1c(C(F)(F)F)nc2ncccc21. The maximum atomic E-state index is 12.7. The van der Waals surface area contributed by atoms with Crippen molar-refractivity contribution >= 4 is 11.2 Å². The lowest BCUT2D eigenvalue weighted by atomic mass is 10.4. The number of alkyl halides is 3. The number of halogens is 3. The molecule has 0 saturated heterocycles. The van der Waals surface area contributed by atoms with Crippen LogP contribution in [-0.2, 0) is 17.6 Å². The molecule has 0 saturated carbocycles. The molecule has 0 atom stereocenters. The Kier molecular flexibility index (Phi) is 3.01. The van der Waals surface area contributed by atoms with E-state index < -0.39 is 12.0 Å². The second-order valence-electron chi connectivity index (χ2n) is 3.33. The smallest absolute Gasteiger partial charge is 0.361 e. The van der Waals surface area contributed by atoms with Crippen molar-refractivity contribution in [3.63, 3.8) is 0 Å². The Morgan fingerprint density at radius 2 is 2.18 bits per heavy atom. The van der Waals surface area contributed by atoms with Gasteiger partial charge in [0, 0.05) is 12.8 Å². The fraction of sp³-hybridized carbons (Fsp3) is 0.400. The Morgan fingerprint density at radius 3 is 2.82 bits per heavy atom. The van der Waals surface area contributed by atoms with Crippen molar-refractivity contribution in [3.05, 3.63) is 24.2 Å². The van der Waals surface area contributed by atoms with Gasteiger partial charge in [-0.15, -0.1) is 0 Å². The molecule has 0 aliphatic carbocycles. The Bertz CT molecular complexity index is 521. The summed E-state index contributed by atoms with van der Waals surface area (Å²) in [6, 6.07) is 3.09. The summed E-state index contributed by atoms with van der Waals surface area (Å²) in [5.41, 5.74) is 0.382. The van der Waals surface area contributed by atoms with Crippen LogP contribution in [0.1, 0.15) is 12.7 Å². The van der Waals surface area contributed by atoms with Gasteiger partial charge in [-0.25, -0.2) is 9.97 Å². The average molecular weight is 245 g/mol. The topological polar surface area (TPSA) is 39.9 Å². The molecule has 0 fully saturated rings. The number of pyridine rings is 1. The molecule has 0 aliphatic rings. The lowest BCUT2D eigenvalue weighted by Crippen LogP contribution is -2.16. The molecule has 2 heterocycles. The van der Waals surface area contributed by atoms with Crippen LogP contribution in [0.15, 0.2) is 18.3 Å². The van der Waals surface area contributed by atoms with E-state index in [-0.39, 0.29) is 12.4 Å². The third-order valence-electron chi connectivity index (χ3n) is 2.20. The molecule has 0 unspecified atom stereocenters. The molecule has 2 aromatic heterocycles. The van der Waals surface area contributed by atoms with Crippen molar-refractivity contribution in [2.75, 3.05) is 6.61 Å². The zero-order valence-corrected chi connectivity index (χ0v) is 9.03. The molecule has 0 aromatic carbocycles. The molecule has 7 heteroatoms. The summed E-state index contributed by atoms with van der Waals surface area (Å²) in [6.07, 6.45) is -3.11. The average Bonchev–Trinajstić information content (AvgIpc) is 2.65. The van der Waals surface area contributed by atoms with Crippen LogP contribution in [0.3, 0.4) is 0 Å². The molecule has 17 heavy (non-hydrogen) atoms. The van der Waals surface area contributed by atoms with E-state index in [1.54, 1.807) is 13.0 Å². The van der Waals surface area contributed by atoms with E-state index in [0.717, 1.165) is 4.57 Å². The largest absolute Gasteiger partial charge is 0.449 e. The highest BCUT2D eigenvalue weighted by molar-refractivity contribution is 5.71. The van der Waals surface area contributed by atoms with Crippen molar-refractivity contribution in [1.82, 2.24) is 14.5 Å². The summed E-state index contributed by atoms with van der Waals surface area (Å²) in [6.45, 7) is 1.86. The third-order valence-corrected chi connectivity index (χ3v) is 2.20. The fourth-order valence-electron chi connectivity index (χ4n) is 1.49. The molecule has 2 rings (SSSR count). The van der Waals surface area contributed by atoms with E-state index in [9.17, 15) is 13.2 Å². The maximum Gasteiger partial charge on any atom is 0.449 e. The van der Waals surface area contributed by atoms with E-state index in [4.69, 9.17) is 4.74 Å². The number of ether oxygens (including phenoxy) is 1. The van der Waals surface area contributed by atoms with Crippen molar-refractivity contribution in [1.29, 1.82) is 0 Å². The standard InChI is InChI=1S/C10H10F3N3O/c1-2-17-6-16-7-4-3-5-14-8(7)15-9(16)10(11,12)13/h3-5H,2,6H2,1H3. The molecule has 0 N–H and O–H groups in total. The minimum Gasteiger partial charge on any atom is -0.361 e. The Balaban J connectivity index is 2.57. The Labute approximate surface area is 95.0 Å². The van der Waals surface area contributed by atoms with Gasteiger partial charge in [-0.05, 0) is 19.1 Å². The third kappa shape index (κ3) is 2.23. The van der Waals surface area contributed by atoms with E-state index >= 15 is 0 Å². The van der Waals surface area contributed by atoms with Crippen LogP contribution in [-0.4, -0.2) is 21.1 Å². The number of aromatic nitrogens is 3. The van der Waals surface area contributed by atoms with Crippen LogP contribution in [0, 0.1) is 0 Å². The molecule has 0 aliphatic heterocycles. The summed E-state index contributed by atoms with van der Waals surface area (Å²) in [7, 11) is 0. The summed E-state index contributed by atoms with van der Waals surface area (Å²) < 4.78 is 44.2. The predicted octanol–water partition coefficient (Wildman–Crippen LogP) is 2.44. The van der Waals surface area contributed by atoms with Crippen LogP contribution in [0.5, 0.6) is 0 Å². The first-order chi connectivity index (χ1) is 8.04. The van der Waals surface area contributed by atoms with Gasteiger partial charge in [-0.2, -0.15) is 13.2 Å². The predicted molar refractivity (Wildman–Crippen MR) is 54.2 cm³/mol. The number of hydrogen-bond donors (Lipinski definition) is 0. The number of nitrogens with zero attached hydrogens (tertiary/aromatic N) is 3. The minimum absolute atomic E-state index is 0.0690. The van der Waals surface area contributed by atoms with Gasteiger partial charge in [0.25, 0.3) is 0 Å². The number of imidazole rings is 1. The molecular formula is C10H10F3N3O. The second-order valence-corrected chi connectivity index (χ2v) is 3.33. The second kappa shape index (κ2) is 4.33. The molecule has 0 spiro atoms. The van der Waals surface area contributed by atoms with Crippen LogP contribution in [0.2, 0.25) is 0 Å². The zero-order chi connectivity index (χ0) is 12.5. The van der Waals surface area contributed by atoms with Gasteiger partial charge in [-0.1, -0.05) is 0 Å². The van der Waals surface area contributed by atoms with Crippen molar-refractivity contribution < 1.29 is 17.9 Å². The van der Waals surface area contributed by atoms with Crippen LogP contribution >= 0.6 is 0 Å². The van der Waals surface area contributed by atoms with Gasteiger partial charge < -0.3 is 4.74 Å². The van der Waals surface area contributed by atoms with Gasteiger partial charge >= 0.3 is 6.18 Å². The molecule has 4 nitrogen and oxygen atoms in total. The van der Waals surface area contributed by atoms with Crippen LogP contribution < -0.4 is 0 Å². The summed E-state index contributed by atoms with van der Waals surface area (Å²) >= 11 is 0. The summed E-state index contributed by atoms with van der Waals surface area (Å²) in [5, 5.41) is 0. The number of fused-ring (bicyclic) bond motifs is 1. The molecule has 2 aromatic rings. The quantitative estimate of drug-likeness (QED) is 0.833. The first-order valence-corrected chi connectivity index (χ1v) is 5.00. The Hall–Kier alpha value is -1.63. The lowest BCUT2D eigenvalue weighted by Gasteiger charge is -2.10. The summed E-state index contributed by atoms with van der Waals surface area (Å²) in [5.74, 6) is -0.986. The van der Waals surface area contributed by atoms with Crippen molar-refractivity contribution in [2.45, 2.75) is 19.8 Å². The van der Waals surface area contributed by atoms with Gasteiger partial charge in [0.1, 0.15) is 6.73 Å². The van der Waals surface area contributed by atoms with Crippen LogP contribution in [0.25, 0.3) is 11.2 Å². The van der Waals surface area contributed by atoms with Crippen LogP contribution in [0.4, 0.5) is 13.2 Å². The van der Waals surface area contributed by atoms with Crippen molar-refractivity contribution in [2.24, 2.45) is 0 Å². The highest BCUT2D eigenvalue weighted by atomic mass is 19.4. The normalized spacial score (nSPS) is 12.2. The molecule has 92 valence electrons. The van der Waals surface area contributed by atoms with E-state index in [1.807, 2.05) is 0 Å². The monoisotopic (exact) mass is 245 g/mol. The van der Waals surface area contributed by atoms with E-state index in [1.165, 1.54) is 12.3 Å². The molecule has 0 amide bonds. The number of hydrogen-bond acceptors (Lipinski definition) is 3. The first-order valence-electron chi connectivity index (χ1n) is 5.00. The zero-order valence-electron chi connectivity index (χ0n) is 9.03. The summed E-state index contributed by atoms with van der Waals surface area (Å²) in [4.78, 5) is 7.28. The molecular weight excluding hydrogens is 235 g/mol.